The molecule has 1 aliphatic rings. The molecule has 1 aliphatic heterocycles. The van der Waals surface area contributed by atoms with Crippen LogP contribution in [-0.4, -0.2) is 40.0 Å². The lowest BCUT2D eigenvalue weighted by molar-refractivity contribution is 0.0697. The predicted molar refractivity (Wildman–Crippen MR) is 99.7 cm³/mol. The van der Waals surface area contributed by atoms with Crippen LogP contribution in [0, 0.1) is 0 Å². The summed E-state index contributed by atoms with van der Waals surface area (Å²) >= 11 is 0. The molecule has 2 aromatic carbocycles. The van der Waals surface area contributed by atoms with Crippen molar-refractivity contribution < 1.29 is 14.7 Å². The molecule has 0 radical (unpaired) electrons. The molecule has 0 atom stereocenters. The SMILES string of the molecule is CN1CCCc2c(n(Cc3ccccc3)c3c(C(=O)O)cccc23)C1=O. The lowest BCUT2D eigenvalue weighted by Gasteiger charge is -2.17. The normalized spacial score (nSPS) is 14.3. The van der Waals surface area contributed by atoms with Gasteiger partial charge in [0, 0.05) is 25.5 Å². The Hall–Kier alpha value is -3.08. The summed E-state index contributed by atoms with van der Waals surface area (Å²) in [5.74, 6) is -1.01. The van der Waals surface area contributed by atoms with Crippen LogP contribution in [0.3, 0.4) is 0 Å². The van der Waals surface area contributed by atoms with Gasteiger partial charge < -0.3 is 14.6 Å². The Balaban J connectivity index is 2.04. The van der Waals surface area contributed by atoms with Crippen molar-refractivity contribution in [3.63, 3.8) is 0 Å². The minimum atomic E-state index is -0.974. The van der Waals surface area contributed by atoms with Gasteiger partial charge in [0.2, 0.25) is 0 Å². The molecule has 0 fully saturated rings. The molecule has 26 heavy (non-hydrogen) atoms. The lowest BCUT2D eigenvalue weighted by atomic mass is 10.0. The van der Waals surface area contributed by atoms with Crippen LogP contribution in [0.5, 0.6) is 0 Å². The summed E-state index contributed by atoms with van der Waals surface area (Å²) in [6.07, 6.45) is 1.64. The minimum Gasteiger partial charge on any atom is -0.478 e. The molecule has 0 saturated heterocycles. The number of aromatic nitrogens is 1. The highest BCUT2D eigenvalue weighted by Crippen LogP contribution is 2.33. The van der Waals surface area contributed by atoms with Gasteiger partial charge in [0.05, 0.1) is 11.1 Å². The number of amides is 1. The summed E-state index contributed by atoms with van der Waals surface area (Å²) in [5.41, 5.74) is 3.50. The fourth-order valence-electron chi connectivity index (χ4n) is 3.85. The van der Waals surface area contributed by atoms with Crippen LogP contribution in [-0.2, 0) is 13.0 Å². The first kappa shape index (κ1) is 16.4. The fourth-order valence-corrected chi connectivity index (χ4v) is 3.85. The monoisotopic (exact) mass is 348 g/mol. The molecular formula is C21H20N2O3. The number of hydrogen-bond acceptors (Lipinski definition) is 2. The third-order valence-electron chi connectivity index (χ3n) is 5.07. The number of rotatable bonds is 3. The van der Waals surface area contributed by atoms with Crippen molar-refractivity contribution in [1.29, 1.82) is 0 Å². The van der Waals surface area contributed by atoms with Gasteiger partial charge in [-0.05, 0) is 30.0 Å². The first-order chi connectivity index (χ1) is 12.6. The standard InChI is InChI=1S/C21H20N2O3/c1-22-12-6-11-16-15-9-5-10-17(21(25)26)18(15)23(19(16)20(22)24)13-14-7-3-2-4-8-14/h2-5,7-10H,6,11-13H2,1H3,(H,25,26). The molecule has 0 unspecified atom stereocenters. The number of nitrogens with zero attached hydrogens (tertiary/aromatic N) is 2. The van der Waals surface area contributed by atoms with E-state index in [2.05, 4.69) is 0 Å². The van der Waals surface area contributed by atoms with E-state index in [9.17, 15) is 14.7 Å². The van der Waals surface area contributed by atoms with E-state index in [0.717, 1.165) is 29.4 Å². The van der Waals surface area contributed by atoms with Gasteiger partial charge >= 0.3 is 5.97 Å². The smallest absolute Gasteiger partial charge is 0.337 e. The highest BCUT2D eigenvalue weighted by Gasteiger charge is 2.29. The molecule has 1 amide bonds. The van der Waals surface area contributed by atoms with Crippen LogP contribution in [0.25, 0.3) is 10.9 Å². The van der Waals surface area contributed by atoms with Gasteiger partial charge in [0.15, 0.2) is 0 Å². The Bertz CT molecular complexity index is 1010. The van der Waals surface area contributed by atoms with Crippen LogP contribution in [0.15, 0.2) is 48.5 Å². The molecule has 3 aromatic rings. The molecule has 0 aliphatic carbocycles. The zero-order valence-corrected chi connectivity index (χ0v) is 14.6. The highest BCUT2D eigenvalue weighted by molar-refractivity contribution is 6.08. The van der Waals surface area contributed by atoms with E-state index in [-0.39, 0.29) is 11.5 Å². The van der Waals surface area contributed by atoms with Crippen molar-refractivity contribution in [2.24, 2.45) is 0 Å². The second-order valence-corrected chi connectivity index (χ2v) is 6.74. The number of carbonyl (C=O) groups excluding carboxylic acids is 1. The molecular weight excluding hydrogens is 328 g/mol. The Labute approximate surface area is 151 Å². The highest BCUT2D eigenvalue weighted by atomic mass is 16.4. The summed E-state index contributed by atoms with van der Waals surface area (Å²) in [6.45, 7) is 1.18. The molecule has 1 aromatic heterocycles. The van der Waals surface area contributed by atoms with E-state index in [0.29, 0.717) is 24.3 Å². The summed E-state index contributed by atoms with van der Waals surface area (Å²) in [6, 6.07) is 15.1. The number of carboxylic acid groups (broad SMARTS) is 1. The van der Waals surface area contributed by atoms with Crippen molar-refractivity contribution >= 4 is 22.8 Å². The number of aromatic carboxylic acids is 1. The summed E-state index contributed by atoms with van der Waals surface area (Å²) in [7, 11) is 1.81. The first-order valence-electron chi connectivity index (χ1n) is 8.74. The molecule has 1 N–H and O–H groups in total. The Kier molecular flexibility index (Phi) is 3.99. The maximum Gasteiger partial charge on any atom is 0.337 e. The van der Waals surface area contributed by atoms with Gasteiger partial charge in [0.25, 0.3) is 5.91 Å². The van der Waals surface area contributed by atoms with Gasteiger partial charge in [-0.25, -0.2) is 4.79 Å². The van der Waals surface area contributed by atoms with Crippen molar-refractivity contribution in [2.75, 3.05) is 13.6 Å². The lowest BCUT2D eigenvalue weighted by Crippen LogP contribution is -2.28. The quantitative estimate of drug-likeness (QED) is 0.789. The van der Waals surface area contributed by atoms with Gasteiger partial charge in [-0.2, -0.15) is 0 Å². The van der Waals surface area contributed by atoms with E-state index in [1.807, 2.05) is 41.0 Å². The van der Waals surface area contributed by atoms with Crippen LogP contribution in [0.4, 0.5) is 0 Å². The summed E-state index contributed by atoms with van der Waals surface area (Å²) < 4.78 is 1.90. The number of benzene rings is 2. The number of para-hydroxylation sites is 1. The molecule has 132 valence electrons. The number of carboxylic acids is 1. The number of aryl methyl sites for hydroxylation is 1. The van der Waals surface area contributed by atoms with Gasteiger partial charge in [-0.3, -0.25) is 4.79 Å². The van der Waals surface area contributed by atoms with Crippen LogP contribution < -0.4 is 0 Å². The van der Waals surface area contributed by atoms with Crippen LogP contribution in [0.2, 0.25) is 0 Å². The zero-order chi connectivity index (χ0) is 18.3. The van der Waals surface area contributed by atoms with E-state index in [1.165, 1.54) is 0 Å². The topological polar surface area (TPSA) is 62.5 Å². The largest absolute Gasteiger partial charge is 0.478 e. The second-order valence-electron chi connectivity index (χ2n) is 6.74. The third-order valence-corrected chi connectivity index (χ3v) is 5.07. The van der Waals surface area contributed by atoms with Crippen molar-refractivity contribution in [3.8, 4) is 0 Å². The van der Waals surface area contributed by atoms with Gasteiger partial charge in [-0.1, -0.05) is 42.5 Å². The molecule has 5 heteroatoms. The van der Waals surface area contributed by atoms with E-state index in [1.54, 1.807) is 24.1 Å². The average molecular weight is 348 g/mol. The molecule has 5 nitrogen and oxygen atoms in total. The Morgan fingerprint density at radius 3 is 2.62 bits per heavy atom. The van der Waals surface area contributed by atoms with Crippen LogP contribution in [0.1, 0.15) is 38.4 Å². The van der Waals surface area contributed by atoms with E-state index >= 15 is 0 Å². The van der Waals surface area contributed by atoms with Crippen molar-refractivity contribution in [3.05, 3.63) is 70.9 Å². The summed E-state index contributed by atoms with van der Waals surface area (Å²) in [5, 5.41) is 10.6. The second kappa shape index (κ2) is 6.33. The van der Waals surface area contributed by atoms with Gasteiger partial charge in [0.1, 0.15) is 5.69 Å². The Morgan fingerprint density at radius 1 is 1.12 bits per heavy atom. The van der Waals surface area contributed by atoms with Gasteiger partial charge in [-0.15, -0.1) is 0 Å². The molecule has 0 bridgehead atoms. The predicted octanol–water partition coefficient (Wildman–Crippen LogP) is 3.41. The minimum absolute atomic E-state index is 0.0408. The van der Waals surface area contributed by atoms with Crippen LogP contribution >= 0.6 is 0 Å². The van der Waals surface area contributed by atoms with E-state index < -0.39 is 5.97 Å². The number of hydrogen-bond donors (Lipinski definition) is 1. The summed E-state index contributed by atoms with van der Waals surface area (Å²) in [4.78, 5) is 26.6. The fraction of sp³-hybridized carbons (Fsp3) is 0.238. The third kappa shape index (κ3) is 2.56. The maximum absolute atomic E-state index is 13.1. The average Bonchev–Trinajstić information content (AvgIpc) is 2.86. The molecule has 0 spiro atoms. The van der Waals surface area contributed by atoms with Crippen molar-refractivity contribution in [2.45, 2.75) is 19.4 Å². The zero-order valence-electron chi connectivity index (χ0n) is 14.6. The number of fused-ring (bicyclic) bond motifs is 3. The Morgan fingerprint density at radius 2 is 1.88 bits per heavy atom. The van der Waals surface area contributed by atoms with E-state index in [4.69, 9.17) is 0 Å². The molecule has 4 rings (SSSR count). The molecule has 2 heterocycles. The van der Waals surface area contributed by atoms with Crippen molar-refractivity contribution in [1.82, 2.24) is 9.47 Å². The number of carbonyl (C=O) groups is 2. The maximum atomic E-state index is 13.1. The molecule has 0 saturated carbocycles. The first-order valence-corrected chi connectivity index (χ1v) is 8.74.